The number of carbonyl (C=O) groups excluding carboxylic acids is 1. The molecule has 27 heavy (non-hydrogen) atoms. The molecule has 2 aromatic rings. The second-order valence-electron chi connectivity index (χ2n) is 6.68. The second kappa shape index (κ2) is 10.4. The fourth-order valence-corrected chi connectivity index (χ4v) is 2.97. The maximum Gasteiger partial charge on any atom is 0.303 e. The van der Waals surface area contributed by atoms with Crippen LogP contribution in [0.25, 0.3) is 0 Å². The van der Waals surface area contributed by atoms with Crippen LogP contribution in [0, 0.1) is 0 Å². The van der Waals surface area contributed by atoms with E-state index < -0.39 is 5.97 Å². The summed E-state index contributed by atoms with van der Waals surface area (Å²) >= 11 is 0. The van der Waals surface area contributed by atoms with Crippen molar-refractivity contribution in [2.45, 2.75) is 38.6 Å². The van der Waals surface area contributed by atoms with Crippen LogP contribution in [-0.2, 0) is 16.1 Å². The van der Waals surface area contributed by atoms with E-state index in [0.29, 0.717) is 25.9 Å². The van der Waals surface area contributed by atoms with Gasteiger partial charge in [-0.05, 0) is 35.6 Å². The molecule has 0 fully saturated rings. The fourth-order valence-electron chi connectivity index (χ4n) is 2.97. The summed E-state index contributed by atoms with van der Waals surface area (Å²) < 4.78 is 5.26. The van der Waals surface area contributed by atoms with Crippen LogP contribution >= 0.6 is 0 Å². The van der Waals surface area contributed by atoms with Gasteiger partial charge in [0.2, 0.25) is 5.91 Å². The van der Waals surface area contributed by atoms with Gasteiger partial charge in [-0.15, -0.1) is 0 Å². The standard InChI is InChI=1S/C22H27NO4/c1-17(19-10-6-11-20(15-19)27-2)14-21(24)23(13-7-12-22(25)26)16-18-8-4-3-5-9-18/h3-6,8-11,15,17H,7,12-14,16H2,1-2H3,(H,25,26). The Morgan fingerprint density at radius 1 is 1.11 bits per heavy atom. The van der Waals surface area contributed by atoms with Gasteiger partial charge in [-0.25, -0.2) is 0 Å². The largest absolute Gasteiger partial charge is 0.497 e. The molecule has 0 spiro atoms. The lowest BCUT2D eigenvalue weighted by atomic mass is 9.96. The van der Waals surface area contributed by atoms with Crippen LogP contribution in [0.3, 0.4) is 0 Å². The van der Waals surface area contributed by atoms with Gasteiger partial charge in [0, 0.05) is 25.9 Å². The Kier molecular flexibility index (Phi) is 7.86. The first-order valence-corrected chi connectivity index (χ1v) is 9.17. The molecule has 2 rings (SSSR count). The van der Waals surface area contributed by atoms with E-state index in [1.54, 1.807) is 12.0 Å². The van der Waals surface area contributed by atoms with Crippen molar-refractivity contribution in [2.24, 2.45) is 0 Å². The van der Waals surface area contributed by atoms with Crippen molar-refractivity contribution in [1.82, 2.24) is 4.90 Å². The predicted octanol–water partition coefficient (Wildman–Crippen LogP) is 4.08. The number of nitrogens with zero attached hydrogens (tertiary/aromatic N) is 1. The summed E-state index contributed by atoms with van der Waals surface area (Å²) in [5.41, 5.74) is 2.09. The summed E-state index contributed by atoms with van der Waals surface area (Å²) in [5.74, 6) is 0.00571. The number of benzene rings is 2. The summed E-state index contributed by atoms with van der Waals surface area (Å²) in [6.45, 7) is 2.94. The molecule has 0 aliphatic rings. The van der Waals surface area contributed by atoms with Crippen molar-refractivity contribution >= 4 is 11.9 Å². The van der Waals surface area contributed by atoms with Gasteiger partial charge in [0.15, 0.2) is 0 Å². The molecule has 1 amide bonds. The van der Waals surface area contributed by atoms with Gasteiger partial charge in [0.1, 0.15) is 5.75 Å². The zero-order chi connectivity index (χ0) is 19.6. The average molecular weight is 369 g/mol. The highest BCUT2D eigenvalue weighted by Crippen LogP contribution is 2.24. The van der Waals surface area contributed by atoms with E-state index in [1.165, 1.54) is 0 Å². The third-order valence-electron chi connectivity index (χ3n) is 4.53. The van der Waals surface area contributed by atoms with Crippen molar-refractivity contribution in [3.05, 3.63) is 65.7 Å². The second-order valence-corrected chi connectivity index (χ2v) is 6.68. The van der Waals surface area contributed by atoms with E-state index in [1.807, 2.05) is 61.5 Å². The Morgan fingerprint density at radius 3 is 2.52 bits per heavy atom. The molecule has 0 saturated heterocycles. The smallest absolute Gasteiger partial charge is 0.303 e. The number of carbonyl (C=O) groups is 2. The van der Waals surface area contributed by atoms with Crippen molar-refractivity contribution in [3.8, 4) is 5.75 Å². The first-order chi connectivity index (χ1) is 13.0. The first kappa shape index (κ1) is 20.5. The maximum atomic E-state index is 12.9. The molecule has 0 radical (unpaired) electrons. The van der Waals surface area contributed by atoms with Crippen molar-refractivity contribution < 1.29 is 19.4 Å². The first-order valence-electron chi connectivity index (χ1n) is 9.17. The summed E-state index contributed by atoms with van der Waals surface area (Å²) in [4.78, 5) is 25.5. The van der Waals surface area contributed by atoms with Crippen LogP contribution in [0.15, 0.2) is 54.6 Å². The normalized spacial score (nSPS) is 11.6. The predicted molar refractivity (Wildman–Crippen MR) is 105 cm³/mol. The molecule has 1 N–H and O–H groups in total. The number of ether oxygens (including phenoxy) is 1. The number of aliphatic carboxylic acids is 1. The van der Waals surface area contributed by atoms with Gasteiger partial charge in [0.25, 0.3) is 0 Å². The Hall–Kier alpha value is -2.82. The summed E-state index contributed by atoms with van der Waals surface area (Å²) in [6, 6.07) is 17.5. The van der Waals surface area contributed by atoms with Gasteiger partial charge in [-0.1, -0.05) is 49.4 Å². The third-order valence-corrected chi connectivity index (χ3v) is 4.53. The minimum Gasteiger partial charge on any atom is -0.497 e. The number of rotatable bonds is 10. The number of hydrogen-bond donors (Lipinski definition) is 1. The van der Waals surface area contributed by atoms with Gasteiger partial charge in [-0.2, -0.15) is 0 Å². The fraction of sp³-hybridized carbons (Fsp3) is 0.364. The van der Waals surface area contributed by atoms with Crippen LogP contribution < -0.4 is 4.74 Å². The van der Waals surface area contributed by atoms with E-state index in [-0.39, 0.29) is 18.2 Å². The molecule has 0 bridgehead atoms. The Bertz CT molecular complexity index is 745. The molecule has 0 heterocycles. The molecule has 0 saturated carbocycles. The van der Waals surface area contributed by atoms with Crippen LogP contribution in [0.4, 0.5) is 0 Å². The molecule has 0 aliphatic heterocycles. The highest BCUT2D eigenvalue weighted by atomic mass is 16.5. The van der Waals surface area contributed by atoms with Gasteiger partial charge in [-0.3, -0.25) is 9.59 Å². The van der Waals surface area contributed by atoms with Crippen LogP contribution in [0.2, 0.25) is 0 Å². The van der Waals surface area contributed by atoms with Crippen molar-refractivity contribution in [1.29, 1.82) is 0 Å². The van der Waals surface area contributed by atoms with Gasteiger partial charge >= 0.3 is 5.97 Å². The van der Waals surface area contributed by atoms with E-state index in [2.05, 4.69) is 0 Å². The molecule has 2 aromatic carbocycles. The third kappa shape index (κ3) is 6.77. The minimum atomic E-state index is -0.841. The zero-order valence-electron chi connectivity index (χ0n) is 15.9. The number of carboxylic acid groups (broad SMARTS) is 1. The lowest BCUT2D eigenvalue weighted by molar-refractivity contribution is -0.138. The Morgan fingerprint density at radius 2 is 1.85 bits per heavy atom. The average Bonchev–Trinajstić information content (AvgIpc) is 2.67. The number of amides is 1. The molecular formula is C22H27NO4. The molecule has 0 aliphatic carbocycles. The Balaban J connectivity index is 2.05. The Labute approximate surface area is 160 Å². The lowest BCUT2D eigenvalue weighted by Crippen LogP contribution is -2.32. The van der Waals surface area contributed by atoms with Gasteiger partial charge in [0.05, 0.1) is 7.11 Å². The molecular weight excluding hydrogens is 342 g/mol. The lowest BCUT2D eigenvalue weighted by Gasteiger charge is -2.24. The number of hydrogen-bond acceptors (Lipinski definition) is 3. The number of methoxy groups -OCH3 is 1. The van der Waals surface area contributed by atoms with Gasteiger partial charge < -0.3 is 14.7 Å². The van der Waals surface area contributed by atoms with Crippen LogP contribution in [-0.4, -0.2) is 35.5 Å². The monoisotopic (exact) mass is 369 g/mol. The van der Waals surface area contributed by atoms with E-state index in [4.69, 9.17) is 9.84 Å². The highest BCUT2D eigenvalue weighted by Gasteiger charge is 2.18. The molecule has 5 heteroatoms. The van der Waals surface area contributed by atoms with E-state index >= 15 is 0 Å². The topological polar surface area (TPSA) is 66.8 Å². The molecule has 5 nitrogen and oxygen atoms in total. The SMILES string of the molecule is COc1cccc(C(C)CC(=O)N(CCCC(=O)O)Cc2ccccc2)c1. The molecule has 0 aromatic heterocycles. The van der Waals surface area contributed by atoms with E-state index in [0.717, 1.165) is 16.9 Å². The van der Waals surface area contributed by atoms with Crippen LogP contribution in [0.1, 0.15) is 43.2 Å². The molecule has 1 unspecified atom stereocenters. The van der Waals surface area contributed by atoms with E-state index in [9.17, 15) is 9.59 Å². The summed E-state index contributed by atoms with van der Waals surface area (Å²) in [5, 5.41) is 8.88. The summed E-state index contributed by atoms with van der Waals surface area (Å²) in [7, 11) is 1.62. The van der Waals surface area contributed by atoms with Crippen molar-refractivity contribution in [2.75, 3.05) is 13.7 Å². The maximum absolute atomic E-state index is 12.9. The highest BCUT2D eigenvalue weighted by molar-refractivity contribution is 5.77. The number of carboxylic acids is 1. The summed E-state index contributed by atoms with van der Waals surface area (Å²) in [6.07, 6.45) is 0.874. The zero-order valence-corrected chi connectivity index (χ0v) is 15.9. The van der Waals surface area contributed by atoms with Crippen LogP contribution in [0.5, 0.6) is 5.75 Å². The minimum absolute atomic E-state index is 0.0274. The molecule has 1 atom stereocenters. The van der Waals surface area contributed by atoms with Crippen molar-refractivity contribution in [3.63, 3.8) is 0 Å². The quantitative estimate of drug-likeness (QED) is 0.685. The molecule has 144 valence electrons.